The lowest BCUT2D eigenvalue weighted by Crippen LogP contribution is -2.17. The van der Waals surface area contributed by atoms with E-state index < -0.39 is 11.9 Å². The zero-order valence-corrected chi connectivity index (χ0v) is 19.4. The van der Waals surface area contributed by atoms with Crippen molar-refractivity contribution in [1.29, 1.82) is 0 Å². The second kappa shape index (κ2) is 13.8. The van der Waals surface area contributed by atoms with Crippen LogP contribution in [-0.2, 0) is 18.8 Å². The molecule has 2 aliphatic carbocycles. The van der Waals surface area contributed by atoms with Crippen molar-refractivity contribution < 1.29 is 33.7 Å². The molecular weight excluding hydrogens is 432 g/mol. The Morgan fingerprint density at radius 2 is 1.34 bits per heavy atom. The fourth-order valence-corrected chi connectivity index (χ4v) is 5.11. The van der Waals surface area contributed by atoms with E-state index in [9.17, 15) is 14.8 Å². The predicted octanol–water partition coefficient (Wildman–Crippen LogP) is 5.17. The van der Waals surface area contributed by atoms with E-state index in [0.29, 0.717) is 42.0 Å². The molecule has 0 atom stereocenters. The van der Waals surface area contributed by atoms with Gasteiger partial charge in [-0.1, -0.05) is 64.2 Å². The average molecular weight is 466 g/mol. The standard InChI is InChI=1S/C24H34O7S/c25-23(28-15-13-18-7-3-1-4-8-18)21-12-11-20(32-31-30-27)17-22(21)24(26)29-16-14-19-9-5-2-6-10-19/h11-12,17-19,27H,1-10,13-16H2/p-1. The summed E-state index contributed by atoms with van der Waals surface area (Å²) in [5.41, 5.74) is 0.263. The Morgan fingerprint density at radius 3 is 1.88 bits per heavy atom. The molecule has 32 heavy (non-hydrogen) atoms. The first-order valence-electron chi connectivity index (χ1n) is 11.8. The Bertz CT molecular complexity index is 727. The van der Waals surface area contributed by atoms with Crippen LogP contribution >= 0.6 is 12.0 Å². The van der Waals surface area contributed by atoms with Crippen molar-refractivity contribution in [2.45, 2.75) is 81.9 Å². The van der Waals surface area contributed by atoms with Crippen LogP contribution in [0.4, 0.5) is 0 Å². The van der Waals surface area contributed by atoms with E-state index in [-0.39, 0.29) is 11.1 Å². The van der Waals surface area contributed by atoms with Gasteiger partial charge < -0.3 is 14.7 Å². The highest BCUT2D eigenvalue weighted by molar-refractivity contribution is 7.94. The lowest BCUT2D eigenvalue weighted by molar-refractivity contribution is -0.777. The first-order chi connectivity index (χ1) is 15.7. The predicted molar refractivity (Wildman–Crippen MR) is 117 cm³/mol. The Labute approximate surface area is 194 Å². The fraction of sp³-hybridized carbons (Fsp3) is 0.667. The molecule has 0 heterocycles. The summed E-state index contributed by atoms with van der Waals surface area (Å²) in [6.07, 6.45) is 13.9. The summed E-state index contributed by atoms with van der Waals surface area (Å²) >= 11 is 0.661. The first kappa shape index (κ1) is 25.0. The van der Waals surface area contributed by atoms with Gasteiger partial charge in [0.05, 0.1) is 36.4 Å². The molecular formula is C24H33O7S-. The Balaban J connectivity index is 1.58. The van der Waals surface area contributed by atoms with Gasteiger partial charge in [0.15, 0.2) is 0 Å². The molecule has 0 unspecified atom stereocenters. The van der Waals surface area contributed by atoms with Crippen LogP contribution in [0.15, 0.2) is 23.1 Å². The van der Waals surface area contributed by atoms with Gasteiger partial charge in [-0.25, -0.2) is 9.59 Å². The monoisotopic (exact) mass is 465 g/mol. The van der Waals surface area contributed by atoms with Crippen LogP contribution < -0.4 is 5.26 Å². The second-order valence-corrected chi connectivity index (χ2v) is 9.56. The number of ether oxygens (including phenoxy) is 2. The Kier molecular flexibility index (Phi) is 10.8. The lowest BCUT2D eigenvalue weighted by Gasteiger charge is -2.21. The number of esters is 2. The van der Waals surface area contributed by atoms with Gasteiger partial charge in [-0.15, -0.1) is 0 Å². The topological polar surface area (TPSA) is 94.1 Å². The summed E-state index contributed by atoms with van der Waals surface area (Å²) in [6, 6.07) is 4.53. The quantitative estimate of drug-likeness (QED) is 0.191. The molecule has 0 amide bonds. The summed E-state index contributed by atoms with van der Waals surface area (Å²) < 4.78 is 15.3. The highest BCUT2D eigenvalue weighted by atomic mass is 32.2. The normalized spacial score (nSPS) is 17.8. The number of benzene rings is 1. The van der Waals surface area contributed by atoms with Gasteiger partial charge in [0.25, 0.3) is 0 Å². The van der Waals surface area contributed by atoms with Gasteiger partial charge >= 0.3 is 11.9 Å². The van der Waals surface area contributed by atoms with Gasteiger partial charge in [0.1, 0.15) is 0 Å². The first-order valence-corrected chi connectivity index (χ1v) is 12.5. The van der Waals surface area contributed by atoms with Crippen LogP contribution in [0, 0.1) is 11.8 Å². The molecule has 178 valence electrons. The highest BCUT2D eigenvalue weighted by Crippen LogP contribution is 2.28. The molecule has 0 saturated heterocycles. The van der Waals surface area contributed by atoms with Crippen LogP contribution in [0.5, 0.6) is 0 Å². The van der Waals surface area contributed by atoms with E-state index in [2.05, 4.69) is 9.37 Å². The van der Waals surface area contributed by atoms with Crippen LogP contribution in [0.2, 0.25) is 0 Å². The van der Waals surface area contributed by atoms with E-state index >= 15 is 0 Å². The number of carbonyl (C=O) groups excluding carboxylic acids is 2. The average Bonchev–Trinajstić information content (AvgIpc) is 2.83. The number of hydrogen-bond acceptors (Lipinski definition) is 8. The molecule has 7 nitrogen and oxygen atoms in total. The van der Waals surface area contributed by atoms with Crippen LogP contribution in [0.25, 0.3) is 0 Å². The summed E-state index contributed by atoms with van der Waals surface area (Å²) in [7, 11) is 0. The smallest absolute Gasteiger partial charge is 0.339 e. The van der Waals surface area contributed by atoms with Gasteiger partial charge in [-0.05, 0) is 42.9 Å². The van der Waals surface area contributed by atoms with Crippen molar-refractivity contribution >= 4 is 24.0 Å². The molecule has 8 heteroatoms. The van der Waals surface area contributed by atoms with Gasteiger partial charge in [-0.2, -0.15) is 4.33 Å². The minimum atomic E-state index is -0.578. The van der Waals surface area contributed by atoms with Gasteiger partial charge in [-0.3, -0.25) is 5.04 Å². The van der Waals surface area contributed by atoms with Gasteiger partial charge in [0, 0.05) is 4.90 Å². The maximum Gasteiger partial charge on any atom is 0.339 e. The van der Waals surface area contributed by atoms with Crippen molar-refractivity contribution in [3.05, 3.63) is 29.3 Å². The van der Waals surface area contributed by atoms with Crippen molar-refractivity contribution in [1.82, 2.24) is 0 Å². The Morgan fingerprint density at radius 1 is 0.812 bits per heavy atom. The number of rotatable bonds is 11. The Hall–Kier alpha value is -1.61. The van der Waals surface area contributed by atoms with Crippen LogP contribution in [-0.4, -0.2) is 25.2 Å². The van der Waals surface area contributed by atoms with Crippen LogP contribution in [0.1, 0.15) is 97.8 Å². The lowest BCUT2D eigenvalue weighted by atomic mass is 9.87. The van der Waals surface area contributed by atoms with Crippen molar-refractivity contribution in [3.63, 3.8) is 0 Å². The molecule has 0 radical (unpaired) electrons. The van der Waals surface area contributed by atoms with Crippen LogP contribution in [0.3, 0.4) is 0 Å². The van der Waals surface area contributed by atoms with Gasteiger partial charge in [0.2, 0.25) is 0 Å². The molecule has 0 aliphatic heterocycles. The van der Waals surface area contributed by atoms with Crippen molar-refractivity contribution in [2.75, 3.05) is 13.2 Å². The summed E-state index contributed by atoms with van der Waals surface area (Å²) in [5, 5.41) is 13.5. The highest BCUT2D eigenvalue weighted by Gasteiger charge is 2.22. The SMILES string of the molecule is O=C(OCCC1CCCCC1)c1ccc(SOO[O-])cc1C(=O)OCCC1CCCCC1. The third-order valence-electron chi connectivity index (χ3n) is 6.56. The van der Waals surface area contributed by atoms with E-state index in [4.69, 9.17) is 9.47 Å². The second-order valence-electron chi connectivity index (χ2n) is 8.78. The molecule has 1 aromatic rings. The molecule has 1 aromatic carbocycles. The molecule has 0 aromatic heterocycles. The summed E-state index contributed by atoms with van der Waals surface area (Å²) in [4.78, 5) is 25.9. The minimum Gasteiger partial charge on any atom is -0.691 e. The summed E-state index contributed by atoms with van der Waals surface area (Å²) in [6.45, 7) is 0.653. The van der Waals surface area contributed by atoms with Crippen molar-refractivity contribution in [2.24, 2.45) is 11.8 Å². The molecule has 0 spiro atoms. The maximum absolute atomic E-state index is 12.8. The van der Waals surface area contributed by atoms with E-state index in [1.807, 2.05) is 0 Å². The zero-order valence-electron chi connectivity index (χ0n) is 18.6. The third kappa shape index (κ3) is 8.06. The fourth-order valence-electron chi connectivity index (χ4n) is 4.72. The van der Waals surface area contributed by atoms with E-state index in [0.717, 1.165) is 12.8 Å². The summed E-state index contributed by atoms with van der Waals surface area (Å²) in [5.74, 6) is 0.0668. The molecule has 0 bridgehead atoms. The van der Waals surface area contributed by atoms with E-state index in [1.165, 1.54) is 76.3 Å². The molecule has 3 rings (SSSR count). The largest absolute Gasteiger partial charge is 0.691 e. The minimum absolute atomic E-state index is 0.107. The molecule has 2 saturated carbocycles. The molecule has 2 aliphatic rings. The van der Waals surface area contributed by atoms with E-state index in [1.54, 1.807) is 6.07 Å². The third-order valence-corrected chi connectivity index (χ3v) is 7.13. The number of carbonyl (C=O) groups is 2. The number of hydrogen-bond donors (Lipinski definition) is 0. The zero-order chi connectivity index (χ0) is 22.6. The van der Waals surface area contributed by atoms with Crippen molar-refractivity contribution in [3.8, 4) is 0 Å². The molecule has 2 fully saturated rings. The maximum atomic E-state index is 12.8. The molecule has 0 N–H and O–H groups in total.